The molecule has 3 N–H and O–H groups in total. The number of H-pyrrole nitrogens is 3. The lowest BCUT2D eigenvalue weighted by atomic mass is 10.1. The number of tetrazole rings is 1. The molecule has 0 saturated heterocycles. The van der Waals surface area contributed by atoms with Crippen molar-refractivity contribution in [3.05, 3.63) is 40.6 Å². The minimum atomic E-state index is -0.123. The van der Waals surface area contributed by atoms with E-state index >= 15 is 0 Å². The van der Waals surface area contributed by atoms with Gasteiger partial charge in [0.2, 0.25) is 5.16 Å². The first kappa shape index (κ1) is 14.5. The van der Waals surface area contributed by atoms with Crippen molar-refractivity contribution >= 4 is 28.3 Å². The highest BCUT2D eigenvalue weighted by Gasteiger charge is 2.23. The third-order valence-electron chi connectivity index (χ3n) is 4.34. The maximum Gasteiger partial charge on any atom is 0.331 e. The van der Waals surface area contributed by atoms with E-state index in [4.69, 9.17) is 4.42 Å². The maximum atomic E-state index is 11.8. The van der Waals surface area contributed by atoms with Crippen LogP contribution in [-0.4, -0.2) is 45.2 Å². The van der Waals surface area contributed by atoms with Crippen LogP contribution in [-0.2, 0) is 5.75 Å². The molecule has 7 aromatic rings. The lowest BCUT2D eigenvalue weighted by Gasteiger charge is -2.09. The van der Waals surface area contributed by atoms with Gasteiger partial charge in [-0.05, 0) is 24.3 Å². The average molecular weight is 379 g/mol. The van der Waals surface area contributed by atoms with Crippen LogP contribution >= 0.6 is 11.8 Å². The number of pyridine rings is 1. The van der Waals surface area contributed by atoms with Crippen molar-refractivity contribution in [1.29, 1.82) is 0 Å². The largest absolute Gasteiger partial charge is 0.453 e. The number of aromatic nitrogens is 9. The van der Waals surface area contributed by atoms with E-state index in [0.717, 1.165) is 22.1 Å². The van der Waals surface area contributed by atoms with E-state index in [2.05, 4.69) is 40.8 Å². The summed E-state index contributed by atoms with van der Waals surface area (Å²) >= 11 is 1.39. The van der Waals surface area contributed by atoms with Crippen molar-refractivity contribution in [2.24, 2.45) is 0 Å². The topological polar surface area (TPSA) is 146 Å². The van der Waals surface area contributed by atoms with Gasteiger partial charge >= 0.3 is 5.69 Å². The van der Waals surface area contributed by atoms with E-state index in [1.54, 1.807) is 4.40 Å². The molecule has 12 heteroatoms. The number of hydrogen-bond donors (Lipinski definition) is 3. The molecule has 1 aromatic carbocycles. The number of thioether (sulfide) groups is 1. The molecule has 0 saturated carbocycles. The van der Waals surface area contributed by atoms with Crippen molar-refractivity contribution in [2.75, 3.05) is 0 Å². The van der Waals surface area contributed by atoms with Crippen molar-refractivity contribution < 1.29 is 4.42 Å². The predicted molar refractivity (Wildman–Crippen MR) is 94.7 cm³/mol. The normalized spacial score (nSPS) is 12.1. The Morgan fingerprint density at radius 3 is 2.89 bits per heavy atom. The molecule has 0 fully saturated rings. The van der Waals surface area contributed by atoms with Crippen LogP contribution < -0.4 is 5.69 Å². The molecule has 27 heavy (non-hydrogen) atoms. The highest BCUT2D eigenvalue weighted by Crippen LogP contribution is 2.37. The Morgan fingerprint density at radius 1 is 1.15 bits per heavy atom. The third kappa shape index (κ3) is 2.04. The Kier molecular flexibility index (Phi) is 2.78. The SMILES string of the molecule is O=c1[nH]c2c3ccc(-c4ccc(-c5nc(SCc6nn[nH]n6)n[nH]5)o4)c2n13. The zero-order valence-electron chi connectivity index (χ0n) is 13.4. The molecule has 0 aliphatic carbocycles. The minimum Gasteiger partial charge on any atom is -0.453 e. The number of benzene rings is 1. The summed E-state index contributed by atoms with van der Waals surface area (Å²) in [7, 11) is 0. The lowest BCUT2D eigenvalue weighted by Crippen LogP contribution is -2.08. The second-order valence-corrected chi connectivity index (χ2v) is 6.81. The van der Waals surface area contributed by atoms with E-state index < -0.39 is 0 Å². The number of fused-ring (bicyclic) bond motifs is 1. The number of aromatic amines is 3. The van der Waals surface area contributed by atoms with E-state index in [0.29, 0.717) is 34.1 Å². The van der Waals surface area contributed by atoms with Gasteiger partial charge in [-0.15, -0.1) is 15.3 Å². The summed E-state index contributed by atoms with van der Waals surface area (Å²) in [5.41, 5.74) is 3.35. The van der Waals surface area contributed by atoms with Crippen LogP contribution in [0.4, 0.5) is 0 Å². The first-order valence-corrected chi connectivity index (χ1v) is 8.93. The monoisotopic (exact) mass is 379 g/mol. The van der Waals surface area contributed by atoms with Crippen LogP contribution in [0.1, 0.15) is 5.82 Å². The molecule has 0 radical (unpaired) electrons. The standard InChI is InChI=1S/C15H9N9O2S/c25-15-16-11-7-2-1-6(12(11)24(7)15)8-3-4-9(26-8)13-17-14(21-20-13)27-5-10-18-22-23-19-10/h1-4H,5H2,(H,16,25)(H,17,20,21)(H,18,19,22,23). The summed E-state index contributed by atoms with van der Waals surface area (Å²) in [6, 6.07) is 7.52. The highest BCUT2D eigenvalue weighted by molar-refractivity contribution is 7.98. The molecule has 6 heterocycles. The highest BCUT2D eigenvalue weighted by atomic mass is 32.2. The molecular formula is C15H9N9O2S. The van der Waals surface area contributed by atoms with Gasteiger partial charge in [-0.25, -0.2) is 4.79 Å². The zero-order valence-corrected chi connectivity index (χ0v) is 14.2. The van der Waals surface area contributed by atoms with Crippen LogP contribution in [0.2, 0.25) is 0 Å². The third-order valence-corrected chi connectivity index (χ3v) is 5.19. The summed E-state index contributed by atoms with van der Waals surface area (Å²) in [6.07, 6.45) is 0. The molecule has 4 bridgehead atoms. The van der Waals surface area contributed by atoms with Gasteiger partial charge in [0.25, 0.3) is 0 Å². The Morgan fingerprint density at radius 2 is 2.07 bits per heavy atom. The van der Waals surface area contributed by atoms with Gasteiger partial charge in [0, 0.05) is 5.56 Å². The van der Waals surface area contributed by atoms with Gasteiger partial charge in [-0.1, -0.05) is 17.0 Å². The summed E-state index contributed by atoms with van der Waals surface area (Å²) in [5, 5.41) is 21.3. The van der Waals surface area contributed by atoms with Gasteiger partial charge in [0.15, 0.2) is 17.4 Å². The zero-order chi connectivity index (χ0) is 18.0. The van der Waals surface area contributed by atoms with E-state index in [-0.39, 0.29) is 5.69 Å². The van der Waals surface area contributed by atoms with Gasteiger partial charge in [0.1, 0.15) is 5.76 Å². The quantitative estimate of drug-likeness (QED) is 0.382. The summed E-state index contributed by atoms with van der Waals surface area (Å²) < 4.78 is 7.59. The molecule has 0 atom stereocenters. The fourth-order valence-corrected chi connectivity index (χ4v) is 3.81. The van der Waals surface area contributed by atoms with Crippen molar-refractivity contribution in [2.45, 2.75) is 10.9 Å². The summed E-state index contributed by atoms with van der Waals surface area (Å²) in [4.78, 5) is 19.1. The fraction of sp³-hybridized carbons (Fsp3) is 0.0667. The molecule has 0 spiro atoms. The van der Waals surface area contributed by atoms with Gasteiger partial charge in [-0.3, -0.25) is 9.50 Å². The van der Waals surface area contributed by atoms with Crippen LogP contribution in [0.3, 0.4) is 0 Å². The molecule has 132 valence electrons. The maximum absolute atomic E-state index is 11.8. The van der Waals surface area contributed by atoms with Crippen LogP contribution in [0.25, 0.3) is 39.5 Å². The Labute approximate surface area is 152 Å². The second-order valence-electron chi connectivity index (χ2n) is 5.87. The molecule has 7 rings (SSSR count). The molecule has 11 nitrogen and oxygen atoms in total. The molecule has 0 unspecified atom stereocenters. The average Bonchev–Trinajstić information content (AvgIpc) is 3.48. The lowest BCUT2D eigenvalue weighted by molar-refractivity contribution is 0.592. The number of nitrogens with zero attached hydrogens (tertiary/aromatic N) is 6. The second kappa shape index (κ2) is 5.17. The number of nitrogens with one attached hydrogen (secondary N) is 3. The molecule has 6 aromatic heterocycles. The van der Waals surface area contributed by atoms with E-state index in [1.807, 2.05) is 24.3 Å². The molecule has 0 amide bonds. The first-order valence-electron chi connectivity index (χ1n) is 7.94. The number of imidazole rings is 2. The molecule has 0 aliphatic rings. The van der Waals surface area contributed by atoms with Gasteiger partial charge < -0.3 is 9.40 Å². The first-order chi connectivity index (χ1) is 13.3. The Hall–Kier alpha value is -3.67. The number of rotatable bonds is 5. The van der Waals surface area contributed by atoms with Gasteiger partial charge in [-0.2, -0.15) is 10.2 Å². The molecular weight excluding hydrogens is 370 g/mol. The van der Waals surface area contributed by atoms with Crippen molar-refractivity contribution in [1.82, 2.24) is 45.2 Å². The fourth-order valence-electron chi connectivity index (χ4n) is 3.17. The smallest absolute Gasteiger partial charge is 0.331 e. The van der Waals surface area contributed by atoms with Crippen LogP contribution in [0.15, 0.2) is 38.6 Å². The Balaban J connectivity index is 1.29. The summed E-state index contributed by atoms with van der Waals surface area (Å²) in [6.45, 7) is 0. The van der Waals surface area contributed by atoms with E-state index in [1.165, 1.54) is 11.8 Å². The summed E-state index contributed by atoms with van der Waals surface area (Å²) in [5.74, 6) is 2.82. The van der Waals surface area contributed by atoms with Crippen LogP contribution in [0.5, 0.6) is 0 Å². The van der Waals surface area contributed by atoms with Crippen LogP contribution in [0, 0.1) is 0 Å². The predicted octanol–water partition coefficient (Wildman–Crippen LogP) is 1.51. The van der Waals surface area contributed by atoms with E-state index in [9.17, 15) is 4.79 Å². The van der Waals surface area contributed by atoms with Gasteiger partial charge in [0.05, 0.1) is 22.3 Å². The number of hydrogen-bond acceptors (Lipinski definition) is 8. The molecule has 0 aliphatic heterocycles. The minimum absolute atomic E-state index is 0.123. The Bertz CT molecular complexity index is 1410. The van der Waals surface area contributed by atoms with Crippen molar-refractivity contribution in [3.8, 4) is 22.9 Å². The number of furan rings is 1. The van der Waals surface area contributed by atoms with Crippen molar-refractivity contribution in [3.63, 3.8) is 0 Å².